The largest absolute Gasteiger partial charge is 0.352 e. The van der Waals surface area contributed by atoms with E-state index in [1.807, 2.05) is 30.3 Å². The molecule has 186 valence electrons. The van der Waals surface area contributed by atoms with Crippen LogP contribution in [0.4, 0.5) is 15.9 Å². The third-order valence-electron chi connectivity index (χ3n) is 6.85. The molecule has 2 aliphatic rings. The Morgan fingerprint density at radius 3 is 2.75 bits per heavy atom. The van der Waals surface area contributed by atoms with Crippen LogP contribution in [0.3, 0.4) is 0 Å². The molecule has 0 saturated heterocycles. The van der Waals surface area contributed by atoms with Crippen molar-refractivity contribution in [3.63, 3.8) is 0 Å². The highest BCUT2D eigenvalue weighted by Gasteiger charge is 2.51. The first kappa shape index (κ1) is 24.1. The molecule has 1 unspecified atom stereocenters. The summed E-state index contributed by atoms with van der Waals surface area (Å²) in [5.41, 5.74) is 4.37. The zero-order chi connectivity index (χ0) is 25.3. The SMILES string of the molecule is COC(OC)c1ccc(F)cc1CNCC(=O)Nc1ccc2c(c1)CC1(C2)C(=O)Nc2ncccc21. The Morgan fingerprint density at radius 2 is 1.94 bits per heavy atom. The van der Waals surface area contributed by atoms with Crippen molar-refractivity contribution in [2.45, 2.75) is 31.1 Å². The first-order chi connectivity index (χ1) is 17.4. The fourth-order valence-electron chi connectivity index (χ4n) is 5.17. The van der Waals surface area contributed by atoms with Crippen molar-refractivity contribution in [3.8, 4) is 0 Å². The lowest BCUT2D eigenvalue weighted by molar-refractivity contribution is -0.120. The number of amides is 2. The van der Waals surface area contributed by atoms with Crippen molar-refractivity contribution in [2.24, 2.45) is 0 Å². The van der Waals surface area contributed by atoms with E-state index in [9.17, 15) is 14.0 Å². The number of halogens is 1. The molecular weight excluding hydrogens is 463 g/mol. The fourth-order valence-corrected chi connectivity index (χ4v) is 5.17. The van der Waals surface area contributed by atoms with Gasteiger partial charge >= 0.3 is 0 Å². The quantitative estimate of drug-likeness (QED) is 0.419. The van der Waals surface area contributed by atoms with Crippen LogP contribution in [0.5, 0.6) is 0 Å². The molecule has 9 heteroatoms. The molecule has 0 fully saturated rings. The number of anilines is 2. The number of hydrogen-bond donors (Lipinski definition) is 3. The Hall–Kier alpha value is -3.66. The van der Waals surface area contributed by atoms with Gasteiger partial charge in [-0.15, -0.1) is 0 Å². The minimum atomic E-state index is -0.652. The van der Waals surface area contributed by atoms with E-state index < -0.39 is 11.7 Å². The standard InChI is InChI=1S/C27H27FN4O4/c1-35-25(36-2)21-8-6-19(28)10-18(21)14-29-15-23(33)31-20-7-5-16-12-27(13-17(16)11-20)22-4-3-9-30-24(22)32-26(27)34/h3-11,25,29H,12-15H2,1-2H3,(H,31,33)(H,30,32,34). The number of carbonyl (C=O) groups excluding carboxylic acids is 2. The van der Waals surface area contributed by atoms with Crippen molar-refractivity contribution in [1.29, 1.82) is 0 Å². The monoisotopic (exact) mass is 490 g/mol. The van der Waals surface area contributed by atoms with Crippen molar-refractivity contribution in [2.75, 3.05) is 31.4 Å². The van der Waals surface area contributed by atoms with Crippen molar-refractivity contribution in [3.05, 3.63) is 88.4 Å². The molecular formula is C27H27FN4O4. The summed E-state index contributed by atoms with van der Waals surface area (Å²) in [5.74, 6) is -0.0261. The highest BCUT2D eigenvalue weighted by atomic mass is 19.1. The number of rotatable bonds is 8. The minimum Gasteiger partial charge on any atom is -0.352 e. The van der Waals surface area contributed by atoms with E-state index in [1.165, 1.54) is 26.4 Å². The Bertz CT molecular complexity index is 1330. The summed E-state index contributed by atoms with van der Waals surface area (Å²) < 4.78 is 24.4. The Kier molecular flexibility index (Phi) is 6.53. The van der Waals surface area contributed by atoms with Crippen molar-refractivity contribution < 1.29 is 23.5 Å². The molecule has 5 rings (SSSR count). The van der Waals surface area contributed by atoms with Gasteiger partial charge in [0, 0.05) is 43.8 Å². The van der Waals surface area contributed by atoms with Gasteiger partial charge in [0.05, 0.1) is 12.0 Å². The molecule has 0 saturated carbocycles. The van der Waals surface area contributed by atoms with Crippen LogP contribution >= 0.6 is 0 Å². The third-order valence-corrected chi connectivity index (χ3v) is 6.85. The molecule has 8 nitrogen and oxygen atoms in total. The summed E-state index contributed by atoms with van der Waals surface area (Å²) in [6.07, 6.45) is 2.19. The molecule has 1 aromatic heterocycles. The maximum Gasteiger partial charge on any atom is 0.238 e. The molecule has 1 atom stereocenters. The van der Waals surface area contributed by atoms with Gasteiger partial charge in [0.2, 0.25) is 11.8 Å². The number of aromatic nitrogens is 1. The molecule has 2 amide bonds. The van der Waals surface area contributed by atoms with Crippen LogP contribution in [0.1, 0.15) is 34.1 Å². The molecule has 1 aliphatic carbocycles. The van der Waals surface area contributed by atoms with E-state index in [2.05, 4.69) is 20.9 Å². The predicted octanol–water partition coefficient (Wildman–Crippen LogP) is 3.23. The predicted molar refractivity (Wildman–Crippen MR) is 132 cm³/mol. The summed E-state index contributed by atoms with van der Waals surface area (Å²) in [7, 11) is 3.02. The van der Waals surface area contributed by atoms with Crippen molar-refractivity contribution in [1.82, 2.24) is 10.3 Å². The van der Waals surface area contributed by atoms with Gasteiger partial charge < -0.3 is 25.4 Å². The molecule has 0 bridgehead atoms. The van der Waals surface area contributed by atoms with E-state index in [1.54, 1.807) is 12.3 Å². The molecule has 2 aromatic carbocycles. The number of nitrogens with zero attached hydrogens (tertiary/aromatic N) is 1. The summed E-state index contributed by atoms with van der Waals surface area (Å²) in [4.78, 5) is 29.8. The molecule has 3 N–H and O–H groups in total. The van der Waals surface area contributed by atoms with Crippen LogP contribution in [0.25, 0.3) is 0 Å². The summed E-state index contributed by atoms with van der Waals surface area (Å²) in [6, 6.07) is 13.9. The fraction of sp³-hybridized carbons (Fsp3) is 0.296. The van der Waals surface area contributed by atoms with Gasteiger partial charge in [-0.1, -0.05) is 18.2 Å². The second-order valence-electron chi connectivity index (χ2n) is 9.07. The van der Waals surface area contributed by atoms with Gasteiger partial charge in [-0.2, -0.15) is 0 Å². The molecule has 3 aromatic rings. The number of ether oxygens (including phenoxy) is 2. The van der Waals surface area contributed by atoms with Crippen LogP contribution in [0, 0.1) is 5.82 Å². The molecule has 1 aliphatic heterocycles. The number of benzene rings is 2. The number of carbonyl (C=O) groups is 2. The topological polar surface area (TPSA) is 102 Å². The van der Waals surface area contributed by atoms with Crippen LogP contribution in [0.15, 0.2) is 54.7 Å². The zero-order valence-electron chi connectivity index (χ0n) is 20.1. The zero-order valence-corrected chi connectivity index (χ0v) is 20.1. The maximum absolute atomic E-state index is 13.8. The van der Waals surface area contributed by atoms with E-state index in [4.69, 9.17) is 9.47 Å². The molecule has 1 spiro atoms. The number of methoxy groups -OCH3 is 2. The Morgan fingerprint density at radius 1 is 1.14 bits per heavy atom. The van der Waals surface area contributed by atoms with E-state index in [-0.39, 0.29) is 30.7 Å². The molecule has 2 heterocycles. The summed E-state index contributed by atoms with van der Waals surface area (Å²) in [6.45, 7) is 0.294. The number of pyridine rings is 1. The lowest BCUT2D eigenvalue weighted by Crippen LogP contribution is -2.35. The highest BCUT2D eigenvalue weighted by Crippen LogP contribution is 2.46. The van der Waals surface area contributed by atoms with Gasteiger partial charge in [-0.3, -0.25) is 9.59 Å². The van der Waals surface area contributed by atoms with E-state index >= 15 is 0 Å². The lowest BCUT2D eigenvalue weighted by atomic mass is 9.79. The van der Waals surface area contributed by atoms with Gasteiger partial charge in [0.15, 0.2) is 6.29 Å². The normalized spacial score (nSPS) is 17.8. The van der Waals surface area contributed by atoms with Crippen LogP contribution < -0.4 is 16.0 Å². The van der Waals surface area contributed by atoms with Gasteiger partial charge in [-0.25, -0.2) is 9.37 Å². The molecule has 36 heavy (non-hydrogen) atoms. The Labute approximate surface area is 208 Å². The van der Waals surface area contributed by atoms with Gasteiger partial charge in [-0.05, 0) is 59.9 Å². The number of fused-ring (bicyclic) bond motifs is 3. The first-order valence-corrected chi connectivity index (χ1v) is 11.7. The Balaban J connectivity index is 1.22. The van der Waals surface area contributed by atoms with Gasteiger partial charge in [0.1, 0.15) is 11.6 Å². The van der Waals surface area contributed by atoms with Crippen LogP contribution in [0.2, 0.25) is 0 Å². The van der Waals surface area contributed by atoms with Crippen LogP contribution in [-0.2, 0) is 43.9 Å². The number of nitrogens with one attached hydrogen (secondary N) is 3. The summed E-state index contributed by atoms with van der Waals surface area (Å²) >= 11 is 0. The van der Waals surface area contributed by atoms with Crippen molar-refractivity contribution >= 4 is 23.3 Å². The smallest absolute Gasteiger partial charge is 0.238 e. The lowest BCUT2D eigenvalue weighted by Gasteiger charge is -2.20. The van der Waals surface area contributed by atoms with Crippen LogP contribution in [-0.4, -0.2) is 37.6 Å². The maximum atomic E-state index is 13.8. The highest BCUT2D eigenvalue weighted by molar-refractivity contribution is 6.06. The molecule has 0 radical (unpaired) electrons. The third kappa shape index (κ3) is 4.37. The minimum absolute atomic E-state index is 0.0308. The van der Waals surface area contributed by atoms with Gasteiger partial charge in [0.25, 0.3) is 0 Å². The first-order valence-electron chi connectivity index (χ1n) is 11.7. The second kappa shape index (κ2) is 9.77. The average molecular weight is 491 g/mol. The van der Waals surface area contributed by atoms with E-state index in [0.717, 1.165) is 16.7 Å². The number of hydrogen-bond acceptors (Lipinski definition) is 6. The van der Waals surface area contributed by atoms with E-state index in [0.29, 0.717) is 35.5 Å². The average Bonchev–Trinajstić information content (AvgIpc) is 3.38. The summed E-state index contributed by atoms with van der Waals surface area (Å²) in [5, 5.41) is 8.85. The second-order valence-corrected chi connectivity index (χ2v) is 9.07.